The van der Waals surface area contributed by atoms with Gasteiger partial charge in [-0.1, -0.05) is 81.4 Å². The molecule has 0 aliphatic rings. The quantitative estimate of drug-likeness (QED) is 0.205. The van der Waals surface area contributed by atoms with E-state index in [9.17, 15) is 18.0 Å². The number of aryl methyl sites for hydroxylation is 1. The van der Waals surface area contributed by atoms with E-state index in [0.717, 1.165) is 30.7 Å². The van der Waals surface area contributed by atoms with Crippen molar-refractivity contribution in [1.29, 1.82) is 0 Å². The van der Waals surface area contributed by atoms with Crippen LogP contribution in [0.3, 0.4) is 0 Å². The molecule has 0 aliphatic heterocycles. The lowest BCUT2D eigenvalue weighted by molar-refractivity contribution is -0.180. The Hall–Kier alpha value is -3.99. The highest BCUT2D eigenvalue weighted by Gasteiger charge is 2.48. The third kappa shape index (κ3) is 6.98. The Morgan fingerprint density at radius 1 is 1.02 bits per heavy atom. The summed E-state index contributed by atoms with van der Waals surface area (Å²) in [6.07, 6.45) is -4.38. The molecule has 0 unspecified atom stereocenters. The summed E-state index contributed by atoms with van der Waals surface area (Å²) in [4.78, 5) is 16.7. The Morgan fingerprint density at radius 2 is 1.70 bits per heavy atom. The van der Waals surface area contributed by atoms with Crippen molar-refractivity contribution in [1.82, 2.24) is 19.9 Å². The molecule has 8 nitrogen and oxygen atoms in total. The van der Waals surface area contributed by atoms with Crippen LogP contribution in [0, 0.1) is 12.8 Å². The van der Waals surface area contributed by atoms with Gasteiger partial charge in [0.2, 0.25) is 5.82 Å². The van der Waals surface area contributed by atoms with E-state index < -0.39 is 29.0 Å². The Labute approximate surface area is 249 Å². The minimum atomic E-state index is -4.38. The molecule has 0 saturated heterocycles. The molecule has 2 aromatic carbocycles. The molecule has 2 heterocycles. The van der Waals surface area contributed by atoms with Crippen molar-refractivity contribution in [3.05, 3.63) is 77.0 Å². The van der Waals surface area contributed by atoms with Gasteiger partial charge in [0.05, 0.1) is 12.0 Å². The van der Waals surface area contributed by atoms with Gasteiger partial charge in [-0.2, -0.15) is 23.3 Å². The van der Waals surface area contributed by atoms with Gasteiger partial charge in [-0.15, -0.1) is 0 Å². The lowest BCUT2D eigenvalue weighted by atomic mass is 9.83. The summed E-state index contributed by atoms with van der Waals surface area (Å²) in [7, 11) is 0. The number of halogens is 3. The zero-order valence-corrected chi connectivity index (χ0v) is 25.5. The van der Waals surface area contributed by atoms with Crippen molar-refractivity contribution >= 4 is 5.97 Å². The van der Waals surface area contributed by atoms with E-state index in [4.69, 9.17) is 15.0 Å². The molecule has 230 valence electrons. The SMILES string of the molecule is Cc1cc(-c2nc(-c3ccc(C(C)(C)C(F)(F)F)cc3)no2)nn1Cc1cccc(C(C)(C)COC(=O)[C@@H](N)C(C)C)c1. The number of carbonyl (C=O) groups excluding carboxylic acids is 1. The van der Waals surface area contributed by atoms with E-state index >= 15 is 0 Å². The second kappa shape index (κ2) is 11.9. The van der Waals surface area contributed by atoms with E-state index in [1.165, 1.54) is 12.1 Å². The summed E-state index contributed by atoms with van der Waals surface area (Å²) >= 11 is 0. The minimum absolute atomic E-state index is 0.00860. The normalized spacial score (nSPS) is 13.4. The lowest BCUT2D eigenvalue weighted by Gasteiger charge is -2.28. The molecular weight excluding hydrogens is 559 g/mol. The molecule has 0 spiro atoms. The zero-order chi connectivity index (χ0) is 31.7. The third-order valence-corrected chi connectivity index (χ3v) is 7.81. The molecule has 0 saturated carbocycles. The van der Waals surface area contributed by atoms with Crippen LogP contribution in [0.5, 0.6) is 0 Å². The molecule has 0 radical (unpaired) electrons. The Balaban J connectivity index is 1.47. The predicted molar refractivity (Wildman–Crippen MR) is 157 cm³/mol. The fraction of sp³-hybridized carbons (Fsp3) is 0.438. The fourth-order valence-corrected chi connectivity index (χ4v) is 4.39. The van der Waals surface area contributed by atoms with Crippen molar-refractivity contribution in [3.8, 4) is 23.0 Å². The van der Waals surface area contributed by atoms with Crippen LogP contribution in [0.2, 0.25) is 0 Å². The smallest absolute Gasteiger partial charge is 0.397 e. The van der Waals surface area contributed by atoms with Crippen molar-refractivity contribution < 1.29 is 27.2 Å². The second-order valence-electron chi connectivity index (χ2n) is 12.4. The number of hydrogen-bond acceptors (Lipinski definition) is 7. The maximum atomic E-state index is 13.4. The first-order chi connectivity index (χ1) is 20.0. The lowest BCUT2D eigenvalue weighted by Crippen LogP contribution is -2.39. The zero-order valence-electron chi connectivity index (χ0n) is 25.5. The topological polar surface area (TPSA) is 109 Å². The van der Waals surface area contributed by atoms with Gasteiger partial charge in [0, 0.05) is 16.7 Å². The number of rotatable bonds is 10. The van der Waals surface area contributed by atoms with Crippen LogP contribution in [0.4, 0.5) is 13.2 Å². The number of carbonyl (C=O) groups is 1. The highest BCUT2D eigenvalue weighted by Crippen LogP contribution is 2.40. The molecule has 2 N–H and O–H groups in total. The summed E-state index contributed by atoms with van der Waals surface area (Å²) in [5, 5.41) is 8.67. The Kier molecular flexibility index (Phi) is 8.87. The molecule has 1 atom stereocenters. The summed E-state index contributed by atoms with van der Waals surface area (Å²) in [5.74, 6) is 0.0349. The van der Waals surface area contributed by atoms with Crippen LogP contribution < -0.4 is 5.73 Å². The van der Waals surface area contributed by atoms with E-state index in [-0.39, 0.29) is 29.8 Å². The monoisotopic (exact) mass is 597 g/mol. The van der Waals surface area contributed by atoms with E-state index in [1.54, 1.807) is 12.1 Å². The summed E-state index contributed by atoms with van der Waals surface area (Å²) in [6.45, 7) is 12.7. The molecule has 4 aromatic rings. The first-order valence-corrected chi connectivity index (χ1v) is 14.1. The van der Waals surface area contributed by atoms with Crippen LogP contribution in [-0.2, 0) is 26.9 Å². The van der Waals surface area contributed by atoms with Crippen LogP contribution in [0.15, 0.2) is 59.1 Å². The summed E-state index contributed by atoms with van der Waals surface area (Å²) < 4.78 is 53.0. The molecule has 0 bridgehead atoms. The maximum Gasteiger partial charge on any atom is 0.397 e. The predicted octanol–water partition coefficient (Wildman–Crippen LogP) is 6.60. The Bertz CT molecular complexity index is 1570. The van der Waals surface area contributed by atoms with Crippen LogP contribution in [-0.4, -0.2) is 44.7 Å². The number of alkyl halides is 3. The van der Waals surface area contributed by atoms with Crippen molar-refractivity contribution in [3.63, 3.8) is 0 Å². The first kappa shape index (κ1) is 31.9. The van der Waals surface area contributed by atoms with Gasteiger partial charge < -0.3 is 15.0 Å². The molecule has 11 heteroatoms. The molecule has 0 fully saturated rings. The third-order valence-electron chi connectivity index (χ3n) is 7.81. The van der Waals surface area contributed by atoms with E-state index in [2.05, 4.69) is 21.3 Å². The second-order valence-corrected chi connectivity index (χ2v) is 12.4. The fourth-order valence-electron chi connectivity index (χ4n) is 4.39. The van der Waals surface area contributed by atoms with Crippen LogP contribution >= 0.6 is 0 Å². The average Bonchev–Trinajstić information content (AvgIpc) is 3.58. The van der Waals surface area contributed by atoms with Crippen molar-refractivity contribution in [2.45, 2.75) is 78.1 Å². The average molecular weight is 598 g/mol. The molecule has 4 rings (SSSR count). The molecular formula is C32H38F3N5O3. The first-order valence-electron chi connectivity index (χ1n) is 14.1. The van der Waals surface area contributed by atoms with Crippen LogP contribution in [0.25, 0.3) is 23.0 Å². The summed E-state index contributed by atoms with van der Waals surface area (Å²) in [5.41, 5.74) is 7.54. The van der Waals surface area contributed by atoms with Crippen LogP contribution in [0.1, 0.15) is 63.9 Å². The highest BCUT2D eigenvalue weighted by atomic mass is 19.4. The maximum absolute atomic E-state index is 13.4. The number of ether oxygens (including phenoxy) is 1. The highest BCUT2D eigenvalue weighted by molar-refractivity contribution is 5.75. The van der Waals surface area contributed by atoms with Crippen molar-refractivity contribution in [2.75, 3.05) is 6.61 Å². The molecule has 43 heavy (non-hydrogen) atoms. The van der Waals surface area contributed by atoms with E-state index in [0.29, 0.717) is 17.8 Å². The molecule has 0 aliphatic carbocycles. The molecule has 0 amide bonds. The number of benzene rings is 2. The summed E-state index contributed by atoms with van der Waals surface area (Å²) in [6, 6.07) is 15.1. The Morgan fingerprint density at radius 3 is 2.33 bits per heavy atom. The van der Waals surface area contributed by atoms with Gasteiger partial charge in [-0.05, 0) is 49.4 Å². The van der Waals surface area contributed by atoms with Gasteiger partial charge in [0.25, 0.3) is 5.89 Å². The van der Waals surface area contributed by atoms with Gasteiger partial charge in [-0.3, -0.25) is 9.48 Å². The number of hydrogen-bond donors (Lipinski definition) is 1. The minimum Gasteiger partial charge on any atom is -0.464 e. The van der Waals surface area contributed by atoms with Gasteiger partial charge in [-0.25, -0.2) is 0 Å². The number of aromatic nitrogens is 4. The van der Waals surface area contributed by atoms with E-state index in [1.807, 2.05) is 63.6 Å². The number of esters is 1. The van der Waals surface area contributed by atoms with Gasteiger partial charge in [0.15, 0.2) is 5.69 Å². The standard InChI is InChI=1S/C32H38F3N5O3/c1-19(2)26(36)29(41)42-18-30(4,5)24-10-8-9-21(16-24)17-40-20(3)15-25(38-40)28-37-27(39-43-28)22-11-13-23(14-12-22)31(6,7)32(33,34)35/h8-16,19,26H,17-18,36H2,1-7H3/t26-/m0/s1. The number of nitrogens with two attached hydrogens (primary N) is 1. The van der Waals surface area contributed by atoms with Gasteiger partial charge in [0.1, 0.15) is 12.6 Å². The van der Waals surface area contributed by atoms with Crippen molar-refractivity contribution in [2.24, 2.45) is 11.7 Å². The largest absolute Gasteiger partial charge is 0.464 e. The molecule has 2 aromatic heterocycles. The number of nitrogens with zero attached hydrogens (tertiary/aromatic N) is 4. The van der Waals surface area contributed by atoms with Gasteiger partial charge >= 0.3 is 12.1 Å².